The molecule has 6 nitrogen and oxygen atoms in total. The third-order valence-corrected chi connectivity index (χ3v) is 5.10. The summed E-state index contributed by atoms with van der Waals surface area (Å²) in [5.41, 5.74) is 1.96. The summed E-state index contributed by atoms with van der Waals surface area (Å²) in [6, 6.07) is 7.88. The SMILES string of the molecule is CC(=O)C(C)(C(=O)O)c1c(-c2ccc(C(C)(C)C)cc2)[nH]c2nccnc12. The molecular weight excluding hydrogens is 342 g/mol. The highest BCUT2D eigenvalue weighted by Gasteiger charge is 2.45. The lowest BCUT2D eigenvalue weighted by atomic mass is 9.77. The third kappa shape index (κ3) is 3.01. The van der Waals surface area contributed by atoms with Crippen molar-refractivity contribution in [2.45, 2.75) is 45.4 Å². The number of nitrogens with zero attached hydrogens (tertiary/aromatic N) is 2. The summed E-state index contributed by atoms with van der Waals surface area (Å²) in [5.74, 6) is -1.68. The van der Waals surface area contributed by atoms with Crippen molar-refractivity contribution in [3.05, 3.63) is 47.8 Å². The van der Waals surface area contributed by atoms with Crippen LogP contribution < -0.4 is 0 Å². The largest absolute Gasteiger partial charge is 0.480 e. The highest BCUT2D eigenvalue weighted by molar-refractivity contribution is 6.12. The van der Waals surface area contributed by atoms with Crippen LogP contribution in [0.5, 0.6) is 0 Å². The van der Waals surface area contributed by atoms with Crippen molar-refractivity contribution in [1.29, 1.82) is 0 Å². The molecule has 1 atom stereocenters. The zero-order chi connectivity index (χ0) is 20.0. The predicted octanol–water partition coefficient (Wildman–Crippen LogP) is 3.85. The number of rotatable bonds is 4. The molecule has 0 spiro atoms. The highest BCUT2D eigenvalue weighted by atomic mass is 16.4. The fraction of sp³-hybridized carbons (Fsp3) is 0.333. The van der Waals surface area contributed by atoms with Gasteiger partial charge in [0.2, 0.25) is 0 Å². The van der Waals surface area contributed by atoms with E-state index in [-0.39, 0.29) is 5.41 Å². The van der Waals surface area contributed by atoms with Gasteiger partial charge in [0.1, 0.15) is 5.52 Å². The standard InChI is InChI=1S/C21H23N3O3/c1-12(25)21(5,19(26)27)15-16(24-18-17(15)22-10-11-23-18)13-6-8-14(9-7-13)20(2,3)4/h6-11H,1-5H3,(H,23,24)(H,26,27). The molecule has 0 radical (unpaired) electrons. The van der Waals surface area contributed by atoms with Gasteiger partial charge in [-0.15, -0.1) is 0 Å². The molecular formula is C21H23N3O3. The summed E-state index contributed by atoms with van der Waals surface area (Å²) in [5, 5.41) is 9.87. The molecule has 0 saturated carbocycles. The number of Topliss-reactive ketones (excluding diaryl/α,β-unsaturated/α-hetero) is 1. The van der Waals surface area contributed by atoms with Gasteiger partial charge < -0.3 is 10.1 Å². The first kappa shape index (κ1) is 18.8. The molecule has 2 heterocycles. The smallest absolute Gasteiger partial charge is 0.321 e. The Morgan fingerprint density at radius 3 is 2.11 bits per heavy atom. The number of fused-ring (bicyclic) bond motifs is 1. The maximum atomic E-state index is 12.4. The molecule has 0 aliphatic rings. The summed E-state index contributed by atoms with van der Waals surface area (Å²) < 4.78 is 0. The fourth-order valence-electron chi connectivity index (χ4n) is 3.19. The van der Waals surface area contributed by atoms with E-state index in [0.717, 1.165) is 11.1 Å². The lowest BCUT2D eigenvalue weighted by molar-refractivity contribution is -0.147. The number of carbonyl (C=O) groups is 2. The zero-order valence-electron chi connectivity index (χ0n) is 16.1. The number of carbonyl (C=O) groups excluding carboxylic acids is 1. The Hall–Kier alpha value is -3.02. The van der Waals surface area contributed by atoms with Crippen LogP contribution in [0.25, 0.3) is 22.4 Å². The summed E-state index contributed by atoms with van der Waals surface area (Å²) >= 11 is 0. The average Bonchev–Trinajstić information content (AvgIpc) is 2.99. The van der Waals surface area contributed by atoms with Gasteiger partial charge in [-0.25, -0.2) is 4.98 Å². The van der Waals surface area contributed by atoms with E-state index in [4.69, 9.17) is 0 Å². The molecule has 27 heavy (non-hydrogen) atoms. The van der Waals surface area contributed by atoms with Gasteiger partial charge in [-0.1, -0.05) is 45.0 Å². The quantitative estimate of drug-likeness (QED) is 0.685. The average molecular weight is 365 g/mol. The van der Waals surface area contributed by atoms with Crippen molar-refractivity contribution in [1.82, 2.24) is 15.0 Å². The van der Waals surface area contributed by atoms with E-state index in [1.807, 2.05) is 24.3 Å². The second-order valence-electron chi connectivity index (χ2n) is 7.94. The molecule has 6 heteroatoms. The van der Waals surface area contributed by atoms with E-state index in [0.29, 0.717) is 22.4 Å². The molecule has 0 fully saturated rings. The lowest BCUT2D eigenvalue weighted by Crippen LogP contribution is -2.39. The first-order valence-electron chi connectivity index (χ1n) is 8.75. The Morgan fingerprint density at radius 1 is 1.00 bits per heavy atom. The van der Waals surface area contributed by atoms with Crippen LogP contribution in [0.3, 0.4) is 0 Å². The van der Waals surface area contributed by atoms with E-state index in [9.17, 15) is 14.7 Å². The molecule has 3 aromatic rings. The Morgan fingerprint density at radius 2 is 1.59 bits per heavy atom. The van der Waals surface area contributed by atoms with E-state index in [2.05, 4.69) is 35.7 Å². The maximum Gasteiger partial charge on any atom is 0.321 e. The molecule has 0 amide bonds. The number of aromatic amines is 1. The Kier molecular flexibility index (Phi) is 4.38. The molecule has 0 saturated heterocycles. The summed E-state index contributed by atoms with van der Waals surface area (Å²) in [4.78, 5) is 36.2. The van der Waals surface area contributed by atoms with Crippen LogP contribution in [0, 0.1) is 0 Å². The van der Waals surface area contributed by atoms with Crippen LogP contribution >= 0.6 is 0 Å². The van der Waals surface area contributed by atoms with Crippen molar-refractivity contribution in [3.63, 3.8) is 0 Å². The monoisotopic (exact) mass is 365 g/mol. The zero-order valence-corrected chi connectivity index (χ0v) is 16.1. The van der Waals surface area contributed by atoms with Crippen LogP contribution in [0.15, 0.2) is 36.7 Å². The second kappa shape index (κ2) is 6.30. The first-order valence-corrected chi connectivity index (χ1v) is 8.75. The molecule has 3 rings (SSSR count). The molecule has 0 aliphatic heterocycles. The van der Waals surface area contributed by atoms with Crippen LogP contribution in [-0.2, 0) is 20.4 Å². The van der Waals surface area contributed by atoms with Crippen LogP contribution in [0.2, 0.25) is 0 Å². The van der Waals surface area contributed by atoms with Gasteiger partial charge in [0, 0.05) is 18.0 Å². The number of nitrogens with one attached hydrogen (secondary N) is 1. The highest BCUT2D eigenvalue weighted by Crippen LogP contribution is 2.39. The van der Waals surface area contributed by atoms with Gasteiger partial charge in [-0.3, -0.25) is 14.6 Å². The number of carboxylic acids is 1. The number of H-pyrrole nitrogens is 1. The normalized spacial score (nSPS) is 14.1. The third-order valence-electron chi connectivity index (χ3n) is 5.10. The van der Waals surface area contributed by atoms with Gasteiger partial charge in [0.15, 0.2) is 16.8 Å². The molecule has 0 bridgehead atoms. The number of hydrogen-bond donors (Lipinski definition) is 2. The predicted molar refractivity (Wildman–Crippen MR) is 104 cm³/mol. The topological polar surface area (TPSA) is 95.9 Å². The van der Waals surface area contributed by atoms with E-state index in [1.165, 1.54) is 26.2 Å². The molecule has 1 aromatic carbocycles. The van der Waals surface area contributed by atoms with Crippen LogP contribution in [0.4, 0.5) is 0 Å². The molecule has 140 valence electrons. The summed E-state index contributed by atoms with van der Waals surface area (Å²) in [6.07, 6.45) is 3.02. The van der Waals surface area contributed by atoms with E-state index < -0.39 is 17.2 Å². The minimum absolute atomic E-state index is 0.000116. The van der Waals surface area contributed by atoms with Gasteiger partial charge in [0.25, 0.3) is 0 Å². The minimum Gasteiger partial charge on any atom is -0.480 e. The Balaban J connectivity index is 2.31. The molecule has 0 aliphatic carbocycles. The number of hydrogen-bond acceptors (Lipinski definition) is 4. The molecule has 1 unspecified atom stereocenters. The second-order valence-corrected chi connectivity index (χ2v) is 7.94. The van der Waals surface area contributed by atoms with Crippen molar-refractivity contribution in [2.75, 3.05) is 0 Å². The molecule has 2 N–H and O–H groups in total. The van der Waals surface area contributed by atoms with Gasteiger partial charge in [0.05, 0.1) is 5.69 Å². The number of aromatic nitrogens is 3. The van der Waals surface area contributed by atoms with Gasteiger partial charge >= 0.3 is 5.97 Å². The minimum atomic E-state index is -1.73. The summed E-state index contributed by atoms with van der Waals surface area (Å²) in [6.45, 7) is 9.09. The Labute approximate surface area is 157 Å². The van der Waals surface area contributed by atoms with Crippen molar-refractivity contribution >= 4 is 22.9 Å². The number of ketones is 1. The van der Waals surface area contributed by atoms with E-state index >= 15 is 0 Å². The fourth-order valence-corrected chi connectivity index (χ4v) is 3.19. The van der Waals surface area contributed by atoms with Crippen molar-refractivity contribution in [2.24, 2.45) is 0 Å². The summed E-state index contributed by atoms with van der Waals surface area (Å²) in [7, 11) is 0. The van der Waals surface area contributed by atoms with Crippen LogP contribution in [-0.4, -0.2) is 31.8 Å². The van der Waals surface area contributed by atoms with Crippen LogP contribution in [0.1, 0.15) is 45.7 Å². The first-order chi connectivity index (χ1) is 12.6. The van der Waals surface area contributed by atoms with Crippen molar-refractivity contribution in [3.8, 4) is 11.3 Å². The van der Waals surface area contributed by atoms with Crippen molar-refractivity contribution < 1.29 is 14.7 Å². The lowest BCUT2D eigenvalue weighted by Gasteiger charge is -2.23. The number of carboxylic acid groups (broad SMARTS) is 1. The molecule has 2 aromatic heterocycles. The number of aliphatic carboxylic acids is 1. The Bertz CT molecular complexity index is 1010. The number of benzene rings is 1. The van der Waals surface area contributed by atoms with E-state index in [1.54, 1.807) is 0 Å². The van der Waals surface area contributed by atoms with Gasteiger partial charge in [-0.2, -0.15) is 0 Å². The maximum absolute atomic E-state index is 12.4. The van der Waals surface area contributed by atoms with Gasteiger partial charge in [-0.05, 0) is 30.4 Å².